The lowest BCUT2D eigenvalue weighted by molar-refractivity contribution is 0.0981. The van der Waals surface area contributed by atoms with E-state index in [1.165, 1.54) is 12.1 Å². The van der Waals surface area contributed by atoms with E-state index < -0.39 is 11.6 Å². The zero-order chi connectivity index (χ0) is 30.0. The van der Waals surface area contributed by atoms with Gasteiger partial charge in [0, 0.05) is 23.5 Å². The summed E-state index contributed by atoms with van der Waals surface area (Å²) in [5, 5.41) is 0. The van der Waals surface area contributed by atoms with Crippen LogP contribution in [0, 0.1) is 0 Å². The van der Waals surface area contributed by atoms with Gasteiger partial charge in [-0.1, -0.05) is 13.8 Å². The third-order valence-corrected chi connectivity index (χ3v) is 6.68. The van der Waals surface area contributed by atoms with Crippen molar-refractivity contribution >= 4 is 34.3 Å². The second kappa shape index (κ2) is 11.6. The SMILES string of the molecule is CCCOc1ccc(Oc2cc(N)c3c(c2N)C(=O)c2c(N)c(Oc4ccc(OCCC)cc4)cc(N)c2C3=O)cc1. The first kappa shape index (κ1) is 28.2. The molecule has 42 heavy (non-hydrogen) atoms. The normalized spacial score (nSPS) is 12.0. The van der Waals surface area contributed by atoms with Crippen LogP contribution in [0.25, 0.3) is 0 Å². The lowest BCUT2D eigenvalue weighted by atomic mass is 9.80. The van der Waals surface area contributed by atoms with Crippen LogP contribution in [0.1, 0.15) is 58.5 Å². The van der Waals surface area contributed by atoms with Crippen LogP contribution >= 0.6 is 0 Å². The number of carbonyl (C=O) groups excluding carboxylic acids is 2. The third-order valence-electron chi connectivity index (χ3n) is 6.68. The second-order valence-corrected chi connectivity index (χ2v) is 9.76. The molecular formula is C32H32N4O6. The molecule has 0 unspecified atom stereocenters. The van der Waals surface area contributed by atoms with Crippen molar-refractivity contribution in [2.75, 3.05) is 36.1 Å². The Hall–Kier alpha value is -5.38. The van der Waals surface area contributed by atoms with E-state index in [4.69, 9.17) is 41.9 Å². The van der Waals surface area contributed by atoms with Crippen molar-refractivity contribution < 1.29 is 28.5 Å². The van der Waals surface area contributed by atoms with E-state index >= 15 is 0 Å². The van der Waals surface area contributed by atoms with Gasteiger partial charge < -0.3 is 41.9 Å². The Balaban J connectivity index is 1.49. The quantitative estimate of drug-likeness (QED) is 0.147. The molecule has 5 rings (SSSR count). The number of hydrogen-bond acceptors (Lipinski definition) is 10. The molecule has 0 amide bonds. The third kappa shape index (κ3) is 5.22. The van der Waals surface area contributed by atoms with Gasteiger partial charge in [0.1, 0.15) is 23.0 Å². The zero-order valence-corrected chi connectivity index (χ0v) is 23.4. The first-order valence-electron chi connectivity index (χ1n) is 13.6. The predicted molar refractivity (Wildman–Crippen MR) is 162 cm³/mol. The molecule has 4 aromatic rings. The van der Waals surface area contributed by atoms with Gasteiger partial charge in [0.15, 0.2) is 23.1 Å². The Morgan fingerprint density at radius 3 is 1.21 bits per heavy atom. The smallest absolute Gasteiger partial charge is 0.199 e. The number of fused-ring (bicyclic) bond motifs is 2. The molecule has 0 radical (unpaired) electrons. The van der Waals surface area contributed by atoms with E-state index in [1.807, 2.05) is 13.8 Å². The first-order valence-corrected chi connectivity index (χ1v) is 13.6. The summed E-state index contributed by atoms with van der Waals surface area (Å²) in [6.45, 7) is 5.22. The Morgan fingerprint density at radius 1 is 0.524 bits per heavy atom. The average molecular weight is 569 g/mol. The Labute approximate surface area is 243 Å². The van der Waals surface area contributed by atoms with Gasteiger partial charge in [0.25, 0.3) is 0 Å². The summed E-state index contributed by atoms with van der Waals surface area (Å²) in [5.74, 6) is 1.29. The zero-order valence-electron chi connectivity index (χ0n) is 23.4. The van der Waals surface area contributed by atoms with E-state index in [2.05, 4.69) is 0 Å². The molecule has 0 saturated heterocycles. The van der Waals surface area contributed by atoms with Gasteiger partial charge in [0.05, 0.1) is 46.8 Å². The number of benzene rings is 4. The van der Waals surface area contributed by atoms with Crippen LogP contribution in [-0.4, -0.2) is 24.8 Å². The average Bonchev–Trinajstić information content (AvgIpc) is 2.98. The van der Waals surface area contributed by atoms with Gasteiger partial charge in [-0.25, -0.2) is 0 Å². The maximum atomic E-state index is 13.9. The molecule has 0 saturated carbocycles. The molecule has 0 aliphatic heterocycles. The maximum Gasteiger partial charge on any atom is 0.199 e. The second-order valence-electron chi connectivity index (χ2n) is 9.76. The van der Waals surface area contributed by atoms with Crippen LogP contribution < -0.4 is 41.9 Å². The molecule has 0 fully saturated rings. The van der Waals surface area contributed by atoms with Crippen molar-refractivity contribution in [3.05, 3.63) is 82.9 Å². The van der Waals surface area contributed by atoms with E-state index in [-0.39, 0.29) is 56.5 Å². The van der Waals surface area contributed by atoms with Crippen LogP contribution in [0.4, 0.5) is 22.7 Å². The Kier molecular flexibility index (Phi) is 7.79. The minimum atomic E-state index is -0.615. The number of ether oxygens (including phenoxy) is 4. The summed E-state index contributed by atoms with van der Waals surface area (Å²) in [4.78, 5) is 27.6. The fourth-order valence-electron chi connectivity index (χ4n) is 4.67. The highest BCUT2D eigenvalue weighted by Crippen LogP contribution is 2.46. The number of carbonyl (C=O) groups is 2. The van der Waals surface area contributed by atoms with Gasteiger partial charge in [-0.05, 0) is 61.4 Å². The molecule has 1 aliphatic rings. The number of nitrogens with two attached hydrogens (primary N) is 4. The number of ketones is 2. The highest BCUT2D eigenvalue weighted by Gasteiger charge is 2.38. The van der Waals surface area contributed by atoms with Gasteiger partial charge in [0.2, 0.25) is 0 Å². The molecule has 0 atom stereocenters. The Bertz CT molecular complexity index is 1550. The highest BCUT2D eigenvalue weighted by atomic mass is 16.5. The summed E-state index contributed by atoms with van der Waals surface area (Å²) in [5.41, 5.74) is 25.0. The van der Waals surface area contributed by atoms with Gasteiger partial charge in [-0.3, -0.25) is 9.59 Å². The first-order chi connectivity index (χ1) is 20.2. The lowest BCUT2D eigenvalue weighted by Gasteiger charge is -2.25. The van der Waals surface area contributed by atoms with Gasteiger partial charge in [-0.2, -0.15) is 0 Å². The highest BCUT2D eigenvalue weighted by molar-refractivity contribution is 6.35. The fourth-order valence-corrected chi connectivity index (χ4v) is 4.67. The van der Waals surface area contributed by atoms with E-state index in [0.717, 1.165) is 12.8 Å². The summed E-state index contributed by atoms with van der Waals surface area (Å²) in [6, 6.07) is 16.7. The molecule has 10 heteroatoms. The number of anilines is 4. The minimum Gasteiger partial charge on any atom is -0.494 e. The molecule has 1 aliphatic carbocycles. The molecule has 216 valence electrons. The van der Waals surface area contributed by atoms with E-state index in [0.29, 0.717) is 36.2 Å². The van der Waals surface area contributed by atoms with Crippen LogP contribution in [0.3, 0.4) is 0 Å². The number of hydrogen-bond donors (Lipinski definition) is 4. The Morgan fingerprint density at radius 2 is 0.857 bits per heavy atom. The molecular weight excluding hydrogens is 536 g/mol. The molecule has 0 spiro atoms. The standard InChI is InChI=1S/C32H32N4O6/c1-3-13-39-17-5-9-19(10-6-17)41-23-15-21(33)25-27(29(23)35)32(38)28-26(31(25)37)22(34)16-24(30(28)36)42-20-11-7-18(8-12-20)40-14-4-2/h5-12,15-16H,3-4,13-14,33-36H2,1-2H3. The summed E-state index contributed by atoms with van der Waals surface area (Å²) in [6.07, 6.45) is 1.76. The minimum absolute atomic E-state index is 0.0183. The molecule has 4 aromatic carbocycles. The number of rotatable bonds is 10. The maximum absolute atomic E-state index is 13.9. The van der Waals surface area contributed by atoms with Crippen molar-refractivity contribution in [2.45, 2.75) is 26.7 Å². The van der Waals surface area contributed by atoms with E-state index in [9.17, 15) is 9.59 Å². The topological polar surface area (TPSA) is 175 Å². The van der Waals surface area contributed by atoms with E-state index in [1.54, 1.807) is 48.5 Å². The van der Waals surface area contributed by atoms with Crippen molar-refractivity contribution in [3.8, 4) is 34.5 Å². The summed E-state index contributed by atoms with van der Waals surface area (Å²) >= 11 is 0. The monoisotopic (exact) mass is 568 g/mol. The van der Waals surface area contributed by atoms with Crippen molar-refractivity contribution in [1.29, 1.82) is 0 Å². The van der Waals surface area contributed by atoms with Crippen LogP contribution in [-0.2, 0) is 0 Å². The molecule has 0 bridgehead atoms. The van der Waals surface area contributed by atoms with Gasteiger partial charge in [-0.15, -0.1) is 0 Å². The van der Waals surface area contributed by atoms with Crippen LogP contribution in [0.15, 0.2) is 60.7 Å². The van der Waals surface area contributed by atoms with Crippen LogP contribution in [0.2, 0.25) is 0 Å². The molecule has 0 heterocycles. The van der Waals surface area contributed by atoms with Gasteiger partial charge >= 0.3 is 0 Å². The summed E-state index contributed by atoms with van der Waals surface area (Å²) < 4.78 is 23.1. The van der Waals surface area contributed by atoms with Crippen molar-refractivity contribution in [1.82, 2.24) is 0 Å². The number of nitrogen functional groups attached to an aromatic ring is 4. The largest absolute Gasteiger partial charge is 0.494 e. The van der Waals surface area contributed by atoms with Crippen LogP contribution in [0.5, 0.6) is 34.5 Å². The summed E-state index contributed by atoms with van der Waals surface area (Å²) in [7, 11) is 0. The lowest BCUT2D eigenvalue weighted by Crippen LogP contribution is -2.26. The molecule has 8 N–H and O–H groups in total. The fraction of sp³-hybridized carbons (Fsp3) is 0.188. The molecule has 0 aromatic heterocycles. The predicted octanol–water partition coefficient (Wildman–Crippen LogP) is 5.95. The van der Waals surface area contributed by atoms with Crippen molar-refractivity contribution in [2.24, 2.45) is 0 Å². The van der Waals surface area contributed by atoms with Crippen molar-refractivity contribution in [3.63, 3.8) is 0 Å². The molecule has 10 nitrogen and oxygen atoms in total.